The molecule has 1 heterocycles. The number of thiocarbonyl (C=S) groups is 1. The van der Waals surface area contributed by atoms with Gasteiger partial charge in [-0.1, -0.05) is 60.7 Å². The summed E-state index contributed by atoms with van der Waals surface area (Å²) < 4.78 is 0. The van der Waals surface area contributed by atoms with E-state index in [1.54, 1.807) is 0 Å². The zero-order chi connectivity index (χ0) is 12.4. The van der Waals surface area contributed by atoms with Crippen LogP contribution in [0.25, 0.3) is 0 Å². The molecule has 0 fully saturated rings. The van der Waals surface area contributed by atoms with E-state index in [1.165, 1.54) is 5.56 Å². The van der Waals surface area contributed by atoms with Gasteiger partial charge in [0.1, 0.15) is 0 Å². The van der Waals surface area contributed by atoms with Gasteiger partial charge in [-0.15, -0.1) is 0 Å². The smallest absolute Gasteiger partial charge is 0.193 e. The lowest BCUT2D eigenvalue weighted by Gasteiger charge is -2.14. The van der Waals surface area contributed by atoms with Gasteiger partial charge in [-0.3, -0.25) is 0 Å². The van der Waals surface area contributed by atoms with E-state index in [9.17, 15) is 0 Å². The minimum absolute atomic E-state index is 0.0566. The molecule has 1 aliphatic rings. The van der Waals surface area contributed by atoms with Crippen molar-refractivity contribution in [1.29, 1.82) is 0 Å². The molecule has 0 aliphatic carbocycles. The maximum Gasteiger partial charge on any atom is 0.193 e. The summed E-state index contributed by atoms with van der Waals surface area (Å²) in [6, 6.07) is 20.5. The van der Waals surface area contributed by atoms with Crippen LogP contribution in [0.3, 0.4) is 0 Å². The molecule has 88 valence electrons. The van der Waals surface area contributed by atoms with Crippen molar-refractivity contribution < 1.29 is 0 Å². The minimum Gasteiger partial charge on any atom is -0.348 e. The zero-order valence-electron chi connectivity index (χ0n) is 9.71. The maximum atomic E-state index is 5.17. The lowest BCUT2D eigenvalue weighted by atomic mass is 9.97. The third-order valence-electron chi connectivity index (χ3n) is 2.97. The van der Waals surface area contributed by atoms with Gasteiger partial charge in [0.15, 0.2) is 5.11 Å². The standard InChI is InChI=1S/C15H12N2S/c18-15-16-13(11-7-3-1-4-8-11)14(17-15)12-9-5-2-6-10-12/h1-10,13H,(H,16,18)/t13-/m1/s1. The van der Waals surface area contributed by atoms with Crippen molar-refractivity contribution in [2.75, 3.05) is 0 Å². The van der Waals surface area contributed by atoms with E-state index >= 15 is 0 Å². The highest BCUT2D eigenvalue weighted by Gasteiger charge is 2.25. The van der Waals surface area contributed by atoms with Crippen LogP contribution in [-0.4, -0.2) is 10.8 Å². The molecule has 0 radical (unpaired) electrons. The second-order valence-electron chi connectivity index (χ2n) is 4.16. The van der Waals surface area contributed by atoms with Crippen LogP contribution in [0.1, 0.15) is 17.2 Å². The molecule has 2 aromatic carbocycles. The molecule has 3 rings (SSSR count). The van der Waals surface area contributed by atoms with Crippen molar-refractivity contribution >= 4 is 23.0 Å². The Bertz CT molecular complexity index is 590. The van der Waals surface area contributed by atoms with E-state index in [0.717, 1.165) is 11.3 Å². The maximum absolute atomic E-state index is 5.17. The van der Waals surface area contributed by atoms with Gasteiger partial charge in [-0.05, 0) is 23.3 Å². The van der Waals surface area contributed by atoms with E-state index in [0.29, 0.717) is 5.11 Å². The fourth-order valence-electron chi connectivity index (χ4n) is 2.12. The Kier molecular flexibility index (Phi) is 2.90. The summed E-state index contributed by atoms with van der Waals surface area (Å²) in [5.74, 6) is 0. The zero-order valence-corrected chi connectivity index (χ0v) is 10.5. The Morgan fingerprint density at radius 1 is 0.889 bits per heavy atom. The molecule has 18 heavy (non-hydrogen) atoms. The summed E-state index contributed by atoms with van der Waals surface area (Å²) in [6.45, 7) is 0. The fraction of sp³-hybridized carbons (Fsp3) is 0.0667. The van der Waals surface area contributed by atoms with E-state index < -0.39 is 0 Å². The highest BCUT2D eigenvalue weighted by Crippen LogP contribution is 2.23. The van der Waals surface area contributed by atoms with E-state index in [4.69, 9.17) is 12.2 Å². The molecule has 2 nitrogen and oxygen atoms in total. The summed E-state index contributed by atoms with van der Waals surface area (Å²) in [4.78, 5) is 4.45. The number of nitrogens with zero attached hydrogens (tertiary/aromatic N) is 1. The van der Waals surface area contributed by atoms with Gasteiger partial charge in [0, 0.05) is 0 Å². The van der Waals surface area contributed by atoms with Gasteiger partial charge in [0.25, 0.3) is 0 Å². The van der Waals surface area contributed by atoms with Crippen LogP contribution in [0.5, 0.6) is 0 Å². The topological polar surface area (TPSA) is 24.4 Å². The van der Waals surface area contributed by atoms with Crippen molar-refractivity contribution in [2.24, 2.45) is 4.99 Å². The van der Waals surface area contributed by atoms with Gasteiger partial charge < -0.3 is 5.32 Å². The summed E-state index contributed by atoms with van der Waals surface area (Å²) >= 11 is 5.17. The highest BCUT2D eigenvalue weighted by atomic mass is 32.1. The molecule has 1 N–H and O–H groups in total. The number of rotatable bonds is 2. The monoisotopic (exact) mass is 252 g/mol. The largest absolute Gasteiger partial charge is 0.348 e. The third-order valence-corrected chi connectivity index (χ3v) is 3.17. The number of aliphatic imine (C=N–C) groups is 1. The van der Waals surface area contributed by atoms with Crippen LogP contribution in [0.4, 0.5) is 0 Å². The van der Waals surface area contributed by atoms with Crippen LogP contribution >= 0.6 is 12.2 Å². The Balaban J connectivity index is 2.02. The Labute approximate surface area is 111 Å². The summed E-state index contributed by atoms with van der Waals surface area (Å²) in [5, 5.41) is 3.80. The molecule has 0 amide bonds. The third kappa shape index (κ3) is 2.05. The predicted octanol–water partition coefficient (Wildman–Crippen LogP) is 3.11. The summed E-state index contributed by atoms with van der Waals surface area (Å²) in [6.07, 6.45) is 0. The lowest BCUT2D eigenvalue weighted by Crippen LogP contribution is -2.23. The molecular formula is C15H12N2S. The van der Waals surface area contributed by atoms with Crippen molar-refractivity contribution in [1.82, 2.24) is 5.32 Å². The quantitative estimate of drug-likeness (QED) is 0.831. The summed E-state index contributed by atoms with van der Waals surface area (Å²) in [7, 11) is 0. The molecule has 0 saturated heterocycles. The number of hydrogen-bond donors (Lipinski definition) is 1. The second kappa shape index (κ2) is 4.70. The van der Waals surface area contributed by atoms with E-state index in [1.807, 2.05) is 36.4 Å². The molecule has 1 aliphatic heterocycles. The van der Waals surface area contributed by atoms with Gasteiger partial charge in [-0.2, -0.15) is 0 Å². The van der Waals surface area contributed by atoms with Gasteiger partial charge >= 0.3 is 0 Å². The molecule has 3 heteroatoms. The van der Waals surface area contributed by atoms with Crippen LogP contribution in [0.2, 0.25) is 0 Å². The average Bonchev–Trinajstić information content (AvgIpc) is 2.83. The van der Waals surface area contributed by atoms with Crippen molar-refractivity contribution in [3.63, 3.8) is 0 Å². The molecular weight excluding hydrogens is 240 g/mol. The van der Waals surface area contributed by atoms with Crippen LogP contribution < -0.4 is 5.32 Å². The highest BCUT2D eigenvalue weighted by molar-refractivity contribution is 7.80. The van der Waals surface area contributed by atoms with E-state index in [-0.39, 0.29) is 6.04 Å². The molecule has 0 bridgehead atoms. The average molecular weight is 252 g/mol. The van der Waals surface area contributed by atoms with Crippen LogP contribution in [-0.2, 0) is 0 Å². The Morgan fingerprint density at radius 3 is 2.17 bits per heavy atom. The minimum atomic E-state index is 0.0566. The van der Waals surface area contributed by atoms with Crippen molar-refractivity contribution in [2.45, 2.75) is 6.04 Å². The van der Waals surface area contributed by atoms with Crippen LogP contribution in [0, 0.1) is 0 Å². The normalized spacial score (nSPS) is 18.3. The molecule has 0 saturated carbocycles. The lowest BCUT2D eigenvalue weighted by molar-refractivity contribution is 0.868. The van der Waals surface area contributed by atoms with Gasteiger partial charge in [-0.25, -0.2) is 4.99 Å². The first-order chi connectivity index (χ1) is 8.84. The fourth-order valence-corrected chi connectivity index (χ4v) is 2.34. The van der Waals surface area contributed by atoms with Gasteiger partial charge in [0.2, 0.25) is 0 Å². The van der Waals surface area contributed by atoms with E-state index in [2.05, 4.69) is 34.6 Å². The number of nitrogens with one attached hydrogen (secondary N) is 1. The Hall–Kier alpha value is -2.00. The molecule has 0 unspecified atom stereocenters. The van der Waals surface area contributed by atoms with Crippen molar-refractivity contribution in [3.8, 4) is 0 Å². The Morgan fingerprint density at radius 2 is 1.50 bits per heavy atom. The first kappa shape index (κ1) is 11.1. The molecule has 1 atom stereocenters. The molecule has 0 aromatic heterocycles. The van der Waals surface area contributed by atoms with Gasteiger partial charge in [0.05, 0.1) is 11.8 Å². The number of benzene rings is 2. The second-order valence-corrected chi connectivity index (χ2v) is 4.54. The SMILES string of the molecule is S=C1N=C(c2ccccc2)[C@@H](c2ccccc2)N1. The number of hydrogen-bond acceptors (Lipinski definition) is 1. The summed E-state index contributed by atoms with van der Waals surface area (Å²) in [5.41, 5.74) is 3.28. The molecule has 0 spiro atoms. The first-order valence-electron chi connectivity index (χ1n) is 5.84. The molecule has 2 aromatic rings. The van der Waals surface area contributed by atoms with Crippen molar-refractivity contribution in [3.05, 3.63) is 71.8 Å². The predicted molar refractivity (Wildman–Crippen MR) is 77.9 cm³/mol. The van der Waals surface area contributed by atoms with Crippen LogP contribution in [0.15, 0.2) is 65.7 Å². The first-order valence-corrected chi connectivity index (χ1v) is 6.25.